The van der Waals surface area contributed by atoms with Crippen LogP contribution in [0.5, 0.6) is 5.75 Å². The summed E-state index contributed by atoms with van der Waals surface area (Å²) < 4.78 is 6.03. The molecule has 1 aromatic heterocycles. The lowest BCUT2D eigenvalue weighted by Gasteiger charge is -2.28. The minimum atomic E-state index is 0.822. The Kier molecular flexibility index (Phi) is 12.5. The Morgan fingerprint density at radius 2 is 1.35 bits per heavy atom. The van der Waals surface area contributed by atoms with E-state index in [0.29, 0.717) is 0 Å². The van der Waals surface area contributed by atoms with E-state index < -0.39 is 0 Å². The van der Waals surface area contributed by atoms with E-state index in [1.54, 1.807) is 0 Å². The van der Waals surface area contributed by atoms with E-state index in [9.17, 15) is 0 Å². The predicted molar refractivity (Wildman–Crippen MR) is 144 cm³/mol. The van der Waals surface area contributed by atoms with Crippen molar-refractivity contribution in [2.45, 2.75) is 117 Å². The first-order valence-corrected chi connectivity index (χ1v) is 14.3. The van der Waals surface area contributed by atoms with Gasteiger partial charge < -0.3 is 4.74 Å². The third-order valence-electron chi connectivity index (χ3n) is 7.60. The summed E-state index contributed by atoms with van der Waals surface area (Å²) >= 11 is 0. The number of ether oxygens (including phenoxy) is 1. The zero-order valence-corrected chi connectivity index (χ0v) is 21.9. The third-order valence-corrected chi connectivity index (χ3v) is 7.60. The predicted octanol–water partition coefficient (Wildman–Crippen LogP) is 9.20. The Balaban J connectivity index is 1.31. The molecule has 3 nitrogen and oxygen atoms in total. The second kappa shape index (κ2) is 15.9. The van der Waals surface area contributed by atoms with Crippen molar-refractivity contribution in [1.29, 1.82) is 0 Å². The first-order valence-electron chi connectivity index (χ1n) is 14.3. The van der Waals surface area contributed by atoms with Gasteiger partial charge in [0.1, 0.15) is 5.75 Å². The number of aromatic nitrogens is 2. The van der Waals surface area contributed by atoms with Crippen LogP contribution in [0.2, 0.25) is 0 Å². The molecule has 0 spiro atoms. The van der Waals surface area contributed by atoms with E-state index in [4.69, 9.17) is 4.74 Å². The van der Waals surface area contributed by atoms with Crippen LogP contribution in [-0.4, -0.2) is 16.6 Å². The largest absolute Gasteiger partial charge is 0.494 e. The van der Waals surface area contributed by atoms with Gasteiger partial charge in [-0.1, -0.05) is 90.9 Å². The van der Waals surface area contributed by atoms with Gasteiger partial charge >= 0.3 is 0 Å². The number of hydrogen-bond donors (Lipinski definition) is 0. The van der Waals surface area contributed by atoms with Crippen molar-refractivity contribution in [3.8, 4) is 17.0 Å². The summed E-state index contributed by atoms with van der Waals surface area (Å²) in [5.74, 6) is 2.89. The van der Waals surface area contributed by atoms with Gasteiger partial charge in [-0.3, -0.25) is 9.97 Å². The molecular formula is C31H48N2O. The molecule has 1 aromatic carbocycles. The minimum absolute atomic E-state index is 0.822. The van der Waals surface area contributed by atoms with Crippen LogP contribution in [0, 0.1) is 11.8 Å². The molecule has 0 N–H and O–H groups in total. The second-order valence-corrected chi connectivity index (χ2v) is 10.5. The molecule has 2 aromatic rings. The van der Waals surface area contributed by atoms with Crippen LogP contribution in [0.15, 0.2) is 36.7 Å². The van der Waals surface area contributed by atoms with Crippen molar-refractivity contribution in [3.63, 3.8) is 0 Å². The van der Waals surface area contributed by atoms with Gasteiger partial charge in [0.25, 0.3) is 0 Å². The van der Waals surface area contributed by atoms with Gasteiger partial charge in [-0.2, -0.15) is 0 Å². The van der Waals surface area contributed by atoms with Crippen LogP contribution in [0.3, 0.4) is 0 Å². The molecule has 34 heavy (non-hydrogen) atoms. The Morgan fingerprint density at radius 1 is 0.706 bits per heavy atom. The van der Waals surface area contributed by atoms with Crippen molar-refractivity contribution in [2.75, 3.05) is 6.61 Å². The van der Waals surface area contributed by atoms with Crippen LogP contribution < -0.4 is 4.74 Å². The standard InChI is InChI=1S/C31H48N2O/c1-3-5-7-8-10-14-29-24-33-31(25-32-29)28-19-21-30(22-20-28)34-23-11-13-27-17-15-26(16-18-27)12-9-6-4-2/h19-22,24-27H,3-18,23H2,1-2H3. The van der Waals surface area contributed by atoms with Crippen LogP contribution >= 0.6 is 0 Å². The summed E-state index contributed by atoms with van der Waals surface area (Å²) in [4.78, 5) is 9.27. The molecule has 1 fully saturated rings. The molecule has 188 valence electrons. The van der Waals surface area contributed by atoms with E-state index >= 15 is 0 Å². The highest BCUT2D eigenvalue weighted by atomic mass is 16.5. The quantitative estimate of drug-likeness (QED) is 0.232. The van der Waals surface area contributed by atoms with Crippen LogP contribution in [-0.2, 0) is 6.42 Å². The lowest BCUT2D eigenvalue weighted by atomic mass is 9.78. The van der Waals surface area contributed by atoms with Crippen LogP contribution in [0.25, 0.3) is 11.3 Å². The summed E-state index contributed by atoms with van der Waals surface area (Å²) in [6.45, 7) is 5.38. The fraction of sp³-hybridized carbons (Fsp3) is 0.677. The topological polar surface area (TPSA) is 35.0 Å². The maximum atomic E-state index is 6.03. The lowest BCUT2D eigenvalue weighted by molar-refractivity contribution is 0.228. The number of unbranched alkanes of at least 4 members (excludes halogenated alkanes) is 6. The number of hydrogen-bond acceptors (Lipinski definition) is 3. The van der Waals surface area contributed by atoms with E-state index in [1.165, 1.54) is 89.9 Å². The van der Waals surface area contributed by atoms with Gasteiger partial charge in [-0.25, -0.2) is 0 Å². The van der Waals surface area contributed by atoms with Crippen molar-refractivity contribution < 1.29 is 4.74 Å². The molecule has 1 aliphatic carbocycles. The molecule has 0 atom stereocenters. The highest BCUT2D eigenvalue weighted by molar-refractivity contribution is 5.58. The molecule has 0 unspecified atom stereocenters. The Bertz CT molecular complexity index is 763. The molecule has 0 saturated heterocycles. The Morgan fingerprint density at radius 3 is 2.00 bits per heavy atom. The van der Waals surface area contributed by atoms with E-state index in [0.717, 1.165) is 54.0 Å². The van der Waals surface area contributed by atoms with Gasteiger partial charge in [0.2, 0.25) is 0 Å². The SMILES string of the molecule is CCCCCCCc1cnc(-c2ccc(OCCCC3CCC(CCCCC)CC3)cc2)cn1. The molecule has 0 radical (unpaired) electrons. The normalized spacial score (nSPS) is 18.2. The monoisotopic (exact) mass is 464 g/mol. The summed E-state index contributed by atoms with van der Waals surface area (Å²) in [6.07, 6.45) is 25.3. The molecular weight excluding hydrogens is 416 g/mol. The molecule has 0 amide bonds. The van der Waals surface area contributed by atoms with E-state index in [-0.39, 0.29) is 0 Å². The lowest BCUT2D eigenvalue weighted by Crippen LogP contribution is -2.15. The zero-order chi connectivity index (χ0) is 23.8. The highest BCUT2D eigenvalue weighted by Crippen LogP contribution is 2.34. The third kappa shape index (κ3) is 9.76. The number of nitrogens with zero attached hydrogens (tertiary/aromatic N) is 2. The summed E-state index contributed by atoms with van der Waals surface area (Å²) in [6, 6.07) is 8.34. The Labute approximate surface area is 209 Å². The van der Waals surface area contributed by atoms with Crippen molar-refractivity contribution in [1.82, 2.24) is 9.97 Å². The van der Waals surface area contributed by atoms with Gasteiger partial charge in [0.15, 0.2) is 0 Å². The minimum Gasteiger partial charge on any atom is -0.494 e. The van der Waals surface area contributed by atoms with E-state index in [1.807, 2.05) is 12.4 Å². The summed E-state index contributed by atoms with van der Waals surface area (Å²) in [7, 11) is 0. The average Bonchev–Trinajstić information content (AvgIpc) is 2.88. The molecule has 3 heteroatoms. The average molecular weight is 465 g/mol. The molecule has 0 bridgehead atoms. The summed E-state index contributed by atoms with van der Waals surface area (Å²) in [5.41, 5.74) is 3.14. The van der Waals surface area contributed by atoms with Gasteiger partial charge in [-0.05, 0) is 61.8 Å². The van der Waals surface area contributed by atoms with Crippen molar-refractivity contribution in [3.05, 3.63) is 42.4 Å². The molecule has 3 rings (SSSR count). The van der Waals surface area contributed by atoms with Crippen LogP contribution in [0.4, 0.5) is 0 Å². The highest BCUT2D eigenvalue weighted by Gasteiger charge is 2.20. The molecule has 1 aliphatic rings. The molecule has 1 heterocycles. The first-order chi connectivity index (χ1) is 16.8. The van der Waals surface area contributed by atoms with Gasteiger partial charge in [-0.15, -0.1) is 0 Å². The van der Waals surface area contributed by atoms with Crippen molar-refractivity contribution >= 4 is 0 Å². The second-order valence-electron chi connectivity index (χ2n) is 10.5. The smallest absolute Gasteiger partial charge is 0.119 e. The maximum absolute atomic E-state index is 6.03. The first kappa shape index (κ1) is 26.7. The van der Waals surface area contributed by atoms with E-state index in [2.05, 4.69) is 48.1 Å². The zero-order valence-electron chi connectivity index (χ0n) is 21.9. The number of rotatable bonds is 16. The molecule has 0 aliphatic heterocycles. The van der Waals surface area contributed by atoms with Crippen molar-refractivity contribution in [2.24, 2.45) is 11.8 Å². The summed E-state index contributed by atoms with van der Waals surface area (Å²) in [5, 5.41) is 0. The number of benzene rings is 1. The van der Waals surface area contributed by atoms with Gasteiger partial charge in [0.05, 0.1) is 24.2 Å². The van der Waals surface area contributed by atoms with Crippen LogP contribution in [0.1, 0.15) is 116 Å². The van der Waals surface area contributed by atoms with Gasteiger partial charge in [0, 0.05) is 11.8 Å². The fourth-order valence-electron chi connectivity index (χ4n) is 5.32. The Hall–Kier alpha value is -1.90. The fourth-order valence-corrected chi connectivity index (χ4v) is 5.32. The number of aryl methyl sites for hydroxylation is 1. The molecule has 1 saturated carbocycles. The maximum Gasteiger partial charge on any atom is 0.119 e.